The first-order valence-corrected chi connectivity index (χ1v) is 11.2. The highest BCUT2D eigenvalue weighted by molar-refractivity contribution is 5.91. The van der Waals surface area contributed by atoms with Gasteiger partial charge in [0.05, 0.1) is 12.0 Å². The molecule has 0 bridgehead atoms. The minimum absolute atomic E-state index is 0.0593. The van der Waals surface area contributed by atoms with Crippen LogP contribution in [0.3, 0.4) is 0 Å². The van der Waals surface area contributed by atoms with Gasteiger partial charge in [-0.25, -0.2) is 9.97 Å². The van der Waals surface area contributed by atoms with E-state index in [-0.39, 0.29) is 11.8 Å². The third-order valence-corrected chi connectivity index (χ3v) is 6.39. The number of piperidine rings is 1. The van der Waals surface area contributed by atoms with Crippen LogP contribution >= 0.6 is 0 Å². The molecule has 166 valence electrons. The summed E-state index contributed by atoms with van der Waals surface area (Å²) < 4.78 is 5.35. The third-order valence-electron chi connectivity index (χ3n) is 6.39. The van der Waals surface area contributed by atoms with Gasteiger partial charge in [-0.05, 0) is 38.1 Å². The molecule has 0 saturated carbocycles. The highest BCUT2D eigenvalue weighted by atomic mass is 16.3. The Labute approximate surface area is 187 Å². The number of piperazine rings is 1. The lowest BCUT2D eigenvalue weighted by molar-refractivity contribution is 0.0674. The average molecular weight is 433 g/mol. The van der Waals surface area contributed by atoms with Crippen molar-refractivity contribution in [3.05, 3.63) is 60.6 Å². The normalized spacial score (nSPS) is 19.8. The smallest absolute Gasteiger partial charge is 0.289 e. The molecular weight excluding hydrogens is 404 g/mol. The zero-order valence-electron chi connectivity index (χ0n) is 18.4. The summed E-state index contributed by atoms with van der Waals surface area (Å²) in [5.41, 5.74) is 2.99. The number of carbonyl (C=O) groups excluding carboxylic acids is 1. The highest BCUT2D eigenvalue weighted by Gasteiger charge is 2.30. The predicted octanol–water partition coefficient (Wildman–Crippen LogP) is 2.90. The molecule has 0 aliphatic carbocycles. The first-order valence-electron chi connectivity index (χ1n) is 11.2. The standard InChI is InChI=1S/C24H28N6O2/c1-28-10-12-29(13-11-28)24-26-16-20(18-5-2-8-25-15-18)22(27-24)19-6-3-9-30(17-19)23(31)21-7-4-14-32-21/h2,4-5,7-8,14-16,19H,3,6,9-13,17H2,1H3. The number of amides is 1. The molecule has 1 atom stereocenters. The van der Waals surface area contributed by atoms with Gasteiger partial charge in [-0.3, -0.25) is 9.78 Å². The third kappa shape index (κ3) is 4.23. The summed E-state index contributed by atoms with van der Waals surface area (Å²) in [6.45, 7) is 5.17. The van der Waals surface area contributed by atoms with E-state index in [0.717, 1.165) is 68.3 Å². The van der Waals surface area contributed by atoms with Gasteiger partial charge in [0.1, 0.15) is 0 Å². The Morgan fingerprint density at radius 3 is 2.72 bits per heavy atom. The van der Waals surface area contributed by atoms with Crippen LogP contribution in [0.2, 0.25) is 0 Å². The monoisotopic (exact) mass is 432 g/mol. The van der Waals surface area contributed by atoms with Crippen LogP contribution in [-0.4, -0.2) is 77.0 Å². The van der Waals surface area contributed by atoms with Crippen molar-refractivity contribution >= 4 is 11.9 Å². The lowest BCUT2D eigenvalue weighted by Gasteiger charge is -2.35. The van der Waals surface area contributed by atoms with E-state index in [1.54, 1.807) is 24.6 Å². The molecule has 8 heteroatoms. The van der Waals surface area contributed by atoms with Crippen molar-refractivity contribution in [2.24, 2.45) is 0 Å². The number of carbonyl (C=O) groups is 1. The van der Waals surface area contributed by atoms with Gasteiger partial charge in [-0.2, -0.15) is 0 Å². The van der Waals surface area contributed by atoms with Gasteiger partial charge >= 0.3 is 0 Å². The molecule has 2 fully saturated rings. The molecule has 0 N–H and O–H groups in total. The number of furan rings is 1. The van der Waals surface area contributed by atoms with Crippen molar-refractivity contribution in [2.75, 3.05) is 51.2 Å². The van der Waals surface area contributed by atoms with E-state index >= 15 is 0 Å². The van der Waals surface area contributed by atoms with E-state index in [1.165, 1.54) is 0 Å². The van der Waals surface area contributed by atoms with Crippen LogP contribution < -0.4 is 4.90 Å². The summed E-state index contributed by atoms with van der Waals surface area (Å²) in [7, 11) is 2.14. The number of nitrogens with zero attached hydrogens (tertiary/aromatic N) is 6. The summed E-state index contributed by atoms with van der Waals surface area (Å²) in [5, 5.41) is 0. The Balaban J connectivity index is 1.47. The number of pyridine rings is 1. The zero-order valence-corrected chi connectivity index (χ0v) is 18.4. The quantitative estimate of drug-likeness (QED) is 0.627. The van der Waals surface area contributed by atoms with Crippen LogP contribution in [0.5, 0.6) is 0 Å². The van der Waals surface area contributed by atoms with Crippen LogP contribution in [0, 0.1) is 0 Å². The summed E-state index contributed by atoms with van der Waals surface area (Å²) in [5.74, 6) is 1.23. The van der Waals surface area contributed by atoms with Crippen LogP contribution in [-0.2, 0) is 0 Å². The van der Waals surface area contributed by atoms with Crippen molar-refractivity contribution < 1.29 is 9.21 Å². The molecule has 5 heterocycles. The summed E-state index contributed by atoms with van der Waals surface area (Å²) in [4.78, 5) is 33.5. The summed E-state index contributed by atoms with van der Waals surface area (Å²) in [6, 6.07) is 7.45. The molecule has 0 spiro atoms. The molecule has 3 aromatic heterocycles. The fraction of sp³-hybridized carbons (Fsp3) is 0.417. The van der Waals surface area contributed by atoms with Crippen molar-refractivity contribution in [3.63, 3.8) is 0 Å². The molecule has 32 heavy (non-hydrogen) atoms. The SMILES string of the molecule is CN1CCN(c2ncc(-c3cccnc3)c(C3CCCN(C(=O)c4ccco4)C3)n2)CC1. The Hall–Kier alpha value is -3.26. The molecule has 1 amide bonds. The molecule has 8 nitrogen and oxygen atoms in total. The number of anilines is 1. The first kappa shape index (κ1) is 20.6. The van der Waals surface area contributed by atoms with Gasteiger partial charge < -0.3 is 19.1 Å². The predicted molar refractivity (Wildman–Crippen MR) is 122 cm³/mol. The molecule has 0 radical (unpaired) electrons. The fourth-order valence-electron chi connectivity index (χ4n) is 4.54. The van der Waals surface area contributed by atoms with Crippen LogP contribution in [0.1, 0.15) is 35.0 Å². The summed E-state index contributed by atoms with van der Waals surface area (Å²) >= 11 is 0. The minimum atomic E-state index is -0.0593. The van der Waals surface area contributed by atoms with E-state index in [0.29, 0.717) is 12.3 Å². The second kappa shape index (κ2) is 9.08. The van der Waals surface area contributed by atoms with Crippen LogP contribution in [0.4, 0.5) is 5.95 Å². The summed E-state index contributed by atoms with van der Waals surface area (Å²) in [6.07, 6.45) is 9.01. The Bertz CT molecular complexity index is 1050. The Kier molecular flexibility index (Phi) is 5.85. The van der Waals surface area contributed by atoms with E-state index in [1.807, 2.05) is 29.4 Å². The fourth-order valence-corrected chi connectivity index (χ4v) is 4.54. The van der Waals surface area contributed by atoms with Gasteiger partial charge in [0, 0.05) is 74.9 Å². The molecule has 0 aromatic carbocycles. The molecule has 5 rings (SSSR count). The van der Waals surface area contributed by atoms with Crippen molar-refractivity contribution in [1.29, 1.82) is 0 Å². The van der Waals surface area contributed by atoms with Crippen LogP contribution in [0.25, 0.3) is 11.1 Å². The number of likely N-dealkylation sites (N-methyl/N-ethyl adjacent to an activating group) is 1. The number of hydrogen-bond donors (Lipinski definition) is 0. The minimum Gasteiger partial charge on any atom is -0.459 e. The van der Waals surface area contributed by atoms with Gasteiger partial charge in [0.25, 0.3) is 5.91 Å². The lowest BCUT2D eigenvalue weighted by Crippen LogP contribution is -2.45. The topological polar surface area (TPSA) is 78.6 Å². The van der Waals surface area contributed by atoms with E-state index in [9.17, 15) is 4.79 Å². The second-order valence-electron chi connectivity index (χ2n) is 8.57. The first-order chi connectivity index (χ1) is 15.7. The van der Waals surface area contributed by atoms with Crippen molar-refractivity contribution in [1.82, 2.24) is 24.8 Å². The van der Waals surface area contributed by atoms with E-state index in [4.69, 9.17) is 14.4 Å². The van der Waals surface area contributed by atoms with E-state index < -0.39 is 0 Å². The zero-order chi connectivity index (χ0) is 21.9. The highest BCUT2D eigenvalue weighted by Crippen LogP contribution is 2.34. The maximum atomic E-state index is 12.9. The Morgan fingerprint density at radius 2 is 1.97 bits per heavy atom. The maximum absolute atomic E-state index is 12.9. The van der Waals surface area contributed by atoms with Crippen LogP contribution in [0.15, 0.2) is 53.5 Å². The van der Waals surface area contributed by atoms with E-state index in [2.05, 4.69) is 21.8 Å². The van der Waals surface area contributed by atoms with Gasteiger partial charge in [-0.1, -0.05) is 6.07 Å². The molecule has 2 saturated heterocycles. The van der Waals surface area contributed by atoms with Crippen molar-refractivity contribution in [3.8, 4) is 11.1 Å². The van der Waals surface area contributed by atoms with Gasteiger partial charge in [-0.15, -0.1) is 0 Å². The second-order valence-corrected chi connectivity index (χ2v) is 8.57. The van der Waals surface area contributed by atoms with Gasteiger partial charge in [0.15, 0.2) is 5.76 Å². The molecule has 1 unspecified atom stereocenters. The lowest BCUT2D eigenvalue weighted by atomic mass is 9.90. The number of rotatable bonds is 4. The largest absolute Gasteiger partial charge is 0.459 e. The van der Waals surface area contributed by atoms with Crippen molar-refractivity contribution in [2.45, 2.75) is 18.8 Å². The number of likely N-dealkylation sites (tertiary alicyclic amines) is 1. The Morgan fingerprint density at radius 1 is 1.09 bits per heavy atom. The molecule has 2 aliphatic rings. The molecular formula is C24H28N6O2. The number of aromatic nitrogens is 3. The average Bonchev–Trinajstić information content (AvgIpc) is 3.39. The van der Waals surface area contributed by atoms with Gasteiger partial charge in [0.2, 0.25) is 5.95 Å². The maximum Gasteiger partial charge on any atom is 0.289 e. The molecule has 2 aliphatic heterocycles. The number of hydrogen-bond acceptors (Lipinski definition) is 7. The molecule has 3 aromatic rings.